The molecule has 2 aromatic carbocycles. The summed E-state index contributed by atoms with van der Waals surface area (Å²) in [5, 5.41) is 9.11. The molecule has 0 aliphatic carbocycles. The molecule has 0 saturated heterocycles. The van der Waals surface area contributed by atoms with E-state index >= 15 is 0 Å². The Labute approximate surface area is 194 Å². The third-order valence-corrected chi connectivity index (χ3v) is 6.42. The molecule has 0 radical (unpaired) electrons. The van der Waals surface area contributed by atoms with Crippen molar-refractivity contribution in [1.82, 2.24) is 5.43 Å². The average molecular weight is 459 g/mol. The molecule has 0 aromatic heterocycles. The minimum absolute atomic E-state index is 0.248. The number of nitrogen functional groups attached to an aromatic ring is 1. The zero-order valence-corrected chi connectivity index (χ0v) is 21.8. The average Bonchev–Trinajstić information content (AvgIpc) is 2.72. The monoisotopic (exact) mass is 458 g/mol. The molecule has 0 spiro atoms. The number of carbonyl (C=O) groups is 2. The molecule has 0 heterocycles. The second kappa shape index (κ2) is 11.9. The smallest absolute Gasteiger partial charge is 0.335 e. The van der Waals surface area contributed by atoms with Crippen molar-refractivity contribution >= 4 is 21.6 Å². The van der Waals surface area contributed by atoms with Gasteiger partial charge in [-0.2, -0.15) is 0 Å². The van der Waals surface area contributed by atoms with Crippen molar-refractivity contribution in [1.29, 1.82) is 0 Å². The Morgan fingerprint density at radius 3 is 1.88 bits per heavy atom. The Bertz CT molecular complexity index is 870. The fourth-order valence-electron chi connectivity index (χ4n) is 2.84. The molecule has 1 amide bonds. The molecule has 0 unspecified atom stereocenters. The van der Waals surface area contributed by atoms with E-state index in [1.807, 2.05) is 38.1 Å². The van der Waals surface area contributed by atoms with Gasteiger partial charge in [-0.05, 0) is 66.6 Å². The largest absolute Gasteiger partial charge is 0.478 e. The number of carboxylic acids is 1. The SMILES string of the molecule is CC(C)(C)[SiH2]OC(C)(C)c1ccc(C(=O)O)cc1.CC(C)Cc1ccc(C(=O)NN)cc1. The topological polar surface area (TPSA) is 102 Å². The summed E-state index contributed by atoms with van der Waals surface area (Å²) < 4.78 is 6.07. The van der Waals surface area contributed by atoms with Crippen LogP contribution in [0.2, 0.25) is 5.04 Å². The van der Waals surface area contributed by atoms with Crippen LogP contribution in [0.3, 0.4) is 0 Å². The molecule has 0 aliphatic heterocycles. The van der Waals surface area contributed by atoms with Gasteiger partial charge < -0.3 is 9.53 Å². The number of hydrogen-bond acceptors (Lipinski definition) is 4. The van der Waals surface area contributed by atoms with Crippen molar-refractivity contribution in [2.75, 3.05) is 0 Å². The van der Waals surface area contributed by atoms with Crippen molar-refractivity contribution in [3.05, 3.63) is 70.8 Å². The lowest BCUT2D eigenvalue weighted by Crippen LogP contribution is -2.29. The van der Waals surface area contributed by atoms with Crippen LogP contribution in [0.15, 0.2) is 48.5 Å². The van der Waals surface area contributed by atoms with Crippen LogP contribution < -0.4 is 11.3 Å². The number of nitrogens with one attached hydrogen (secondary N) is 1. The molecule has 0 fully saturated rings. The third-order valence-electron chi connectivity index (χ3n) is 4.68. The molecule has 0 atom stereocenters. The number of carbonyl (C=O) groups excluding carboxylic acids is 1. The summed E-state index contributed by atoms with van der Waals surface area (Å²) in [6, 6.07) is 14.4. The van der Waals surface area contributed by atoms with Crippen molar-refractivity contribution in [3.63, 3.8) is 0 Å². The van der Waals surface area contributed by atoms with E-state index in [-0.39, 0.29) is 16.5 Å². The second-order valence-corrected chi connectivity index (χ2v) is 12.7. The number of hydrazine groups is 1. The van der Waals surface area contributed by atoms with Gasteiger partial charge in [0.2, 0.25) is 0 Å². The van der Waals surface area contributed by atoms with Gasteiger partial charge in [0, 0.05) is 5.56 Å². The lowest BCUT2D eigenvalue weighted by Gasteiger charge is -2.30. The second-order valence-electron chi connectivity index (χ2n) is 10.0. The van der Waals surface area contributed by atoms with Gasteiger partial charge in [-0.3, -0.25) is 10.2 Å². The Morgan fingerprint density at radius 1 is 0.969 bits per heavy atom. The number of nitrogens with two attached hydrogens (primary N) is 1. The third kappa shape index (κ3) is 9.76. The molecule has 0 aliphatic rings. The fourth-order valence-corrected chi connectivity index (χ4v) is 3.80. The van der Waals surface area contributed by atoms with E-state index < -0.39 is 15.7 Å². The van der Waals surface area contributed by atoms with Crippen LogP contribution in [0, 0.1) is 5.92 Å². The van der Waals surface area contributed by atoms with E-state index in [2.05, 4.69) is 40.0 Å². The quantitative estimate of drug-likeness (QED) is 0.247. The molecule has 4 N–H and O–H groups in total. The van der Waals surface area contributed by atoms with E-state index in [1.165, 1.54) is 5.56 Å². The Hall–Kier alpha value is -2.48. The first-order chi connectivity index (χ1) is 14.7. The highest BCUT2D eigenvalue weighted by Gasteiger charge is 2.24. The number of carboxylic acid groups (broad SMARTS) is 1. The highest BCUT2D eigenvalue weighted by molar-refractivity contribution is 6.31. The van der Waals surface area contributed by atoms with Gasteiger partial charge in [0.15, 0.2) is 9.76 Å². The van der Waals surface area contributed by atoms with Crippen LogP contribution >= 0.6 is 0 Å². The zero-order valence-electron chi connectivity index (χ0n) is 20.4. The summed E-state index contributed by atoms with van der Waals surface area (Å²) in [6.07, 6.45) is 1.03. The lowest BCUT2D eigenvalue weighted by atomic mass is 9.97. The predicted octanol–water partition coefficient (Wildman–Crippen LogP) is 4.43. The summed E-state index contributed by atoms with van der Waals surface area (Å²) >= 11 is 0. The number of hydrogen-bond donors (Lipinski definition) is 3. The van der Waals surface area contributed by atoms with Gasteiger partial charge in [0.25, 0.3) is 5.91 Å². The highest BCUT2D eigenvalue weighted by Crippen LogP contribution is 2.29. The fraction of sp³-hybridized carbons (Fsp3) is 0.440. The van der Waals surface area contributed by atoms with Crippen LogP contribution in [0.25, 0.3) is 0 Å². The normalized spacial score (nSPS) is 11.9. The van der Waals surface area contributed by atoms with Crippen molar-refractivity contribution in [3.8, 4) is 0 Å². The van der Waals surface area contributed by atoms with Gasteiger partial charge >= 0.3 is 5.97 Å². The standard InChI is InChI=1S/C14H22O3Si.C11H16N2O/c1-13(2,3)18-17-14(4,5)11-8-6-10(7-9-11)12(15)16;1-8(2)7-9-3-5-10(6-4-9)11(14)13-12/h6-9H,18H2,1-5H3,(H,15,16);3-6,8H,7,12H2,1-2H3,(H,13,14). The molecular weight excluding hydrogens is 420 g/mol. The molecule has 0 bridgehead atoms. The lowest BCUT2D eigenvalue weighted by molar-refractivity contribution is 0.0695. The molecule has 32 heavy (non-hydrogen) atoms. The Balaban J connectivity index is 0.000000330. The first-order valence-corrected chi connectivity index (χ1v) is 12.1. The van der Waals surface area contributed by atoms with Crippen molar-refractivity contribution in [2.24, 2.45) is 11.8 Å². The van der Waals surface area contributed by atoms with Crippen LogP contribution in [0.4, 0.5) is 0 Å². The number of benzene rings is 2. The Kier molecular flexibility index (Phi) is 10.3. The molecule has 7 heteroatoms. The summed E-state index contributed by atoms with van der Waals surface area (Å²) in [5.41, 5.74) is 4.92. The first-order valence-electron chi connectivity index (χ1n) is 10.8. The Morgan fingerprint density at radius 2 is 1.47 bits per heavy atom. The summed E-state index contributed by atoms with van der Waals surface area (Å²) in [5.74, 6) is 4.50. The van der Waals surface area contributed by atoms with Crippen LogP contribution in [-0.4, -0.2) is 26.7 Å². The van der Waals surface area contributed by atoms with Gasteiger partial charge in [-0.15, -0.1) is 0 Å². The molecule has 2 aromatic rings. The molecule has 6 nitrogen and oxygen atoms in total. The van der Waals surface area contributed by atoms with E-state index in [4.69, 9.17) is 15.4 Å². The van der Waals surface area contributed by atoms with Crippen LogP contribution in [-0.2, 0) is 16.4 Å². The number of amides is 1. The zero-order chi connectivity index (χ0) is 24.5. The minimum Gasteiger partial charge on any atom is -0.478 e. The van der Waals surface area contributed by atoms with Gasteiger partial charge in [0.1, 0.15) is 0 Å². The molecule has 176 valence electrons. The molecule has 0 saturated carbocycles. The molecule has 2 rings (SSSR count). The molecular formula is C25H38N2O4Si. The maximum atomic E-state index is 11.1. The summed E-state index contributed by atoms with van der Waals surface area (Å²) in [7, 11) is -0.640. The van der Waals surface area contributed by atoms with Crippen LogP contribution in [0.5, 0.6) is 0 Å². The number of rotatable bonds is 7. The van der Waals surface area contributed by atoms with E-state index in [0.29, 0.717) is 17.0 Å². The van der Waals surface area contributed by atoms with Gasteiger partial charge in [-0.25, -0.2) is 10.6 Å². The van der Waals surface area contributed by atoms with E-state index in [9.17, 15) is 9.59 Å². The van der Waals surface area contributed by atoms with Gasteiger partial charge in [0.05, 0.1) is 11.2 Å². The maximum absolute atomic E-state index is 11.1. The van der Waals surface area contributed by atoms with E-state index in [1.54, 1.807) is 24.3 Å². The maximum Gasteiger partial charge on any atom is 0.335 e. The summed E-state index contributed by atoms with van der Waals surface area (Å²) in [4.78, 5) is 21.9. The predicted molar refractivity (Wildman–Crippen MR) is 132 cm³/mol. The number of aromatic carboxylic acids is 1. The minimum atomic E-state index is -0.899. The highest BCUT2D eigenvalue weighted by atomic mass is 28.2. The summed E-state index contributed by atoms with van der Waals surface area (Å²) in [6.45, 7) is 14.9. The van der Waals surface area contributed by atoms with Gasteiger partial charge in [-0.1, -0.05) is 58.9 Å². The van der Waals surface area contributed by atoms with E-state index in [0.717, 1.165) is 12.0 Å². The van der Waals surface area contributed by atoms with Crippen molar-refractivity contribution in [2.45, 2.75) is 65.5 Å². The van der Waals surface area contributed by atoms with Crippen molar-refractivity contribution < 1.29 is 19.1 Å². The first kappa shape index (κ1) is 27.6. The van der Waals surface area contributed by atoms with Crippen LogP contribution in [0.1, 0.15) is 80.3 Å².